The predicted octanol–water partition coefficient (Wildman–Crippen LogP) is 1.48. The lowest BCUT2D eigenvalue weighted by atomic mass is 10.4. The Hall–Kier alpha value is -1.69. The van der Waals surface area contributed by atoms with Gasteiger partial charge in [-0.25, -0.2) is 15.0 Å². The number of anilines is 1. The number of nitrogens with zero attached hydrogens (tertiary/aromatic N) is 4. The Kier molecular flexibility index (Phi) is 1.66. The summed E-state index contributed by atoms with van der Waals surface area (Å²) in [5.74, 6) is 0.443. The van der Waals surface area contributed by atoms with E-state index in [0.717, 1.165) is 17.0 Å². The highest BCUT2D eigenvalue weighted by molar-refractivity contribution is 7.15. The second-order valence-electron chi connectivity index (χ2n) is 3.24. The number of nitrogen functional groups attached to an aromatic ring is 1. The number of nitrogens with two attached hydrogens (primary N) is 1. The zero-order valence-corrected chi connectivity index (χ0v) is 8.95. The van der Waals surface area contributed by atoms with Crippen LogP contribution in [0.5, 0.6) is 0 Å². The Morgan fingerprint density at radius 1 is 1.47 bits per heavy atom. The van der Waals surface area contributed by atoms with Crippen molar-refractivity contribution in [3.8, 4) is 0 Å². The van der Waals surface area contributed by atoms with Crippen LogP contribution in [0, 0.1) is 0 Å². The molecule has 76 valence electrons. The predicted molar refractivity (Wildman–Crippen MR) is 60.0 cm³/mol. The molecule has 0 saturated heterocycles. The minimum absolute atomic E-state index is 0.443. The van der Waals surface area contributed by atoms with Gasteiger partial charge in [0.15, 0.2) is 21.9 Å². The topological polar surface area (TPSA) is 69.1 Å². The summed E-state index contributed by atoms with van der Waals surface area (Å²) in [4.78, 5) is 13.5. The Labute approximate surface area is 89.6 Å². The first-order valence-corrected chi connectivity index (χ1v) is 5.54. The molecule has 5 nitrogen and oxygen atoms in total. The Morgan fingerprint density at radius 3 is 3.13 bits per heavy atom. The Morgan fingerprint density at radius 2 is 2.33 bits per heavy atom. The van der Waals surface area contributed by atoms with Crippen molar-refractivity contribution in [3.63, 3.8) is 0 Å². The van der Waals surface area contributed by atoms with Gasteiger partial charge in [-0.15, -0.1) is 11.3 Å². The molecule has 3 heterocycles. The first-order valence-electron chi connectivity index (χ1n) is 4.66. The second-order valence-corrected chi connectivity index (χ2v) is 4.08. The maximum atomic E-state index is 5.75. The molecule has 0 aliphatic heterocycles. The third kappa shape index (κ3) is 1.05. The first kappa shape index (κ1) is 8.60. The van der Waals surface area contributed by atoms with Crippen LogP contribution in [0.25, 0.3) is 16.1 Å². The molecule has 2 N–H and O–H groups in total. The quantitative estimate of drug-likeness (QED) is 0.673. The van der Waals surface area contributed by atoms with Crippen molar-refractivity contribution in [1.82, 2.24) is 19.4 Å². The number of thiazole rings is 1. The maximum absolute atomic E-state index is 5.75. The summed E-state index contributed by atoms with van der Waals surface area (Å²) in [6.45, 7) is 2.11. The summed E-state index contributed by atoms with van der Waals surface area (Å²) < 4.78 is 2.04. The average Bonchev–Trinajstić information content (AvgIpc) is 2.77. The molecule has 0 atom stereocenters. The van der Waals surface area contributed by atoms with Gasteiger partial charge >= 0.3 is 0 Å². The number of hydrogen-bond donors (Lipinski definition) is 1. The molecule has 0 aliphatic rings. The highest BCUT2D eigenvalue weighted by atomic mass is 32.1. The fraction of sp³-hybridized carbons (Fsp3) is 0.222. The van der Waals surface area contributed by atoms with Crippen LogP contribution in [-0.4, -0.2) is 19.4 Å². The van der Waals surface area contributed by atoms with Gasteiger partial charge in [-0.05, 0) is 6.42 Å². The third-order valence-electron chi connectivity index (χ3n) is 2.39. The average molecular weight is 219 g/mol. The molecule has 0 unspecified atom stereocenters. The molecule has 3 rings (SSSR count). The van der Waals surface area contributed by atoms with E-state index < -0.39 is 0 Å². The summed E-state index contributed by atoms with van der Waals surface area (Å²) in [6, 6.07) is 0. The number of hydrogen-bond acceptors (Lipinski definition) is 5. The number of aromatic nitrogens is 4. The molecule has 0 radical (unpaired) electrons. The van der Waals surface area contributed by atoms with E-state index in [4.69, 9.17) is 5.73 Å². The third-order valence-corrected chi connectivity index (χ3v) is 3.27. The molecule has 15 heavy (non-hydrogen) atoms. The lowest BCUT2D eigenvalue weighted by molar-refractivity contribution is 1.01. The van der Waals surface area contributed by atoms with E-state index in [1.807, 2.05) is 4.40 Å². The summed E-state index contributed by atoms with van der Waals surface area (Å²) in [7, 11) is 0. The van der Waals surface area contributed by atoms with Crippen LogP contribution in [0.3, 0.4) is 0 Å². The number of fused-ring (bicyclic) bond motifs is 3. The molecule has 6 heteroatoms. The summed E-state index contributed by atoms with van der Waals surface area (Å²) in [5.41, 5.74) is 8.45. The molecule has 0 aromatic carbocycles. The minimum Gasteiger partial charge on any atom is -0.382 e. The van der Waals surface area contributed by atoms with Crippen LogP contribution >= 0.6 is 11.3 Å². The van der Waals surface area contributed by atoms with Crippen molar-refractivity contribution in [2.24, 2.45) is 0 Å². The van der Waals surface area contributed by atoms with E-state index >= 15 is 0 Å². The van der Waals surface area contributed by atoms with Gasteiger partial charge in [0.25, 0.3) is 0 Å². The van der Waals surface area contributed by atoms with Gasteiger partial charge in [0.2, 0.25) is 0 Å². The normalized spacial score (nSPS) is 11.5. The summed E-state index contributed by atoms with van der Waals surface area (Å²) >= 11 is 1.60. The molecule has 0 fully saturated rings. The molecule has 3 aromatic rings. The molecule has 0 spiro atoms. The second kappa shape index (κ2) is 2.90. The van der Waals surface area contributed by atoms with Gasteiger partial charge in [-0.3, -0.25) is 4.40 Å². The van der Waals surface area contributed by atoms with Crippen molar-refractivity contribution >= 4 is 33.3 Å². The monoisotopic (exact) mass is 219 g/mol. The zero-order chi connectivity index (χ0) is 10.4. The molecule has 3 aromatic heterocycles. The van der Waals surface area contributed by atoms with Crippen LogP contribution in [0.1, 0.15) is 12.6 Å². The number of imidazole rings is 1. The standard InChI is InChI=1S/C9H9N5S/c1-2-5-3-15-9-13-6-7(10)11-4-12-8(6)14(5)9/h3-4H,2H2,1H3,(H2,10,11,12). The molecule has 0 amide bonds. The largest absolute Gasteiger partial charge is 0.382 e. The fourth-order valence-corrected chi connectivity index (χ4v) is 2.61. The van der Waals surface area contributed by atoms with E-state index in [1.54, 1.807) is 11.3 Å². The van der Waals surface area contributed by atoms with Gasteiger partial charge in [-0.1, -0.05) is 6.92 Å². The zero-order valence-electron chi connectivity index (χ0n) is 8.14. The molecular formula is C9H9N5S. The number of aryl methyl sites for hydroxylation is 1. The maximum Gasteiger partial charge on any atom is 0.196 e. The van der Waals surface area contributed by atoms with Crippen molar-refractivity contribution in [2.45, 2.75) is 13.3 Å². The van der Waals surface area contributed by atoms with E-state index in [0.29, 0.717) is 11.3 Å². The summed E-state index contributed by atoms with van der Waals surface area (Å²) in [5, 5.41) is 2.10. The SMILES string of the molecule is CCc1csc2nc3c(N)ncnc3n12. The highest BCUT2D eigenvalue weighted by Crippen LogP contribution is 2.24. The Balaban J connectivity index is 2.55. The van der Waals surface area contributed by atoms with Crippen LogP contribution in [0.4, 0.5) is 5.82 Å². The fourth-order valence-electron chi connectivity index (χ4n) is 1.64. The molecular weight excluding hydrogens is 210 g/mol. The van der Waals surface area contributed by atoms with Gasteiger partial charge < -0.3 is 5.73 Å². The van der Waals surface area contributed by atoms with Crippen LogP contribution < -0.4 is 5.73 Å². The van der Waals surface area contributed by atoms with Gasteiger partial charge in [0.05, 0.1) is 0 Å². The van der Waals surface area contributed by atoms with Gasteiger partial charge in [-0.2, -0.15) is 0 Å². The smallest absolute Gasteiger partial charge is 0.196 e. The molecule has 0 bridgehead atoms. The van der Waals surface area contributed by atoms with Crippen molar-refractivity contribution in [3.05, 3.63) is 17.4 Å². The highest BCUT2D eigenvalue weighted by Gasteiger charge is 2.12. The van der Waals surface area contributed by atoms with Crippen LogP contribution in [0.15, 0.2) is 11.7 Å². The summed E-state index contributed by atoms with van der Waals surface area (Å²) in [6.07, 6.45) is 2.43. The van der Waals surface area contributed by atoms with Crippen LogP contribution in [0.2, 0.25) is 0 Å². The minimum atomic E-state index is 0.443. The van der Waals surface area contributed by atoms with Gasteiger partial charge in [0, 0.05) is 11.1 Å². The van der Waals surface area contributed by atoms with Crippen molar-refractivity contribution in [2.75, 3.05) is 5.73 Å². The number of rotatable bonds is 1. The van der Waals surface area contributed by atoms with Crippen molar-refractivity contribution < 1.29 is 0 Å². The van der Waals surface area contributed by atoms with Gasteiger partial charge in [0.1, 0.15) is 6.33 Å². The lowest BCUT2D eigenvalue weighted by Crippen LogP contribution is -1.95. The molecule has 0 saturated carbocycles. The first-order chi connectivity index (χ1) is 7.31. The van der Waals surface area contributed by atoms with E-state index in [2.05, 4.69) is 27.3 Å². The Bertz CT molecular complexity index is 638. The van der Waals surface area contributed by atoms with E-state index in [9.17, 15) is 0 Å². The van der Waals surface area contributed by atoms with E-state index in [1.165, 1.54) is 12.0 Å². The van der Waals surface area contributed by atoms with Crippen molar-refractivity contribution in [1.29, 1.82) is 0 Å². The van der Waals surface area contributed by atoms with Crippen LogP contribution in [-0.2, 0) is 6.42 Å². The lowest BCUT2D eigenvalue weighted by Gasteiger charge is -1.95. The molecule has 0 aliphatic carbocycles. The van der Waals surface area contributed by atoms with E-state index in [-0.39, 0.29) is 0 Å².